The van der Waals surface area contributed by atoms with Gasteiger partial charge in [0.25, 0.3) is 0 Å². The SMILES string of the molecule is CO.Cl.FC(F)(F)c1ccc(CNc2ccc(Cc3c[nH]c4ncc(Cl)cc34)cn2)cn1. The summed E-state index contributed by atoms with van der Waals surface area (Å²) in [5, 5.41) is 11.6. The molecule has 0 aliphatic rings. The molecule has 4 aromatic heterocycles. The zero-order valence-electron chi connectivity index (χ0n) is 16.8. The van der Waals surface area contributed by atoms with E-state index < -0.39 is 11.9 Å². The minimum atomic E-state index is -4.43. The van der Waals surface area contributed by atoms with Crippen LogP contribution in [0.1, 0.15) is 22.4 Å². The Bertz CT molecular complexity index is 1130. The Balaban J connectivity index is 0.00000118. The Morgan fingerprint density at radius 3 is 2.34 bits per heavy atom. The molecule has 0 bridgehead atoms. The van der Waals surface area contributed by atoms with Crippen LogP contribution in [0.15, 0.2) is 55.1 Å². The number of hydrogen-bond acceptors (Lipinski definition) is 5. The lowest BCUT2D eigenvalue weighted by Gasteiger charge is -2.08. The lowest BCUT2D eigenvalue weighted by atomic mass is 10.1. The van der Waals surface area contributed by atoms with Gasteiger partial charge in [0.1, 0.15) is 17.2 Å². The van der Waals surface area contributed by atoms with E-state index in [2.05, 4.69) is 25.3 Å². The van der Waals surface area contributed by atoms with Gasteiger partial charge in [-0.05, 0) is 34.9 Å². The van der Waals surface area contributed by atoms with Gasteiger partial charge in [-0.2, -0.15) is 13.2 Å². The molecule has 0 saturated carbocycles. The molecular weight excluding hydrogens is 466 g/mol. The minimum absolute atomic E-state index is 0. The molecule has 3 N–H and O–H groups in total. The van der Waals surface area contributed by atoms with Crippen molar-refractivity contribution < 1.29 is 18.3 Å². The summed E-state index contributed by atoms with van der Waals surface area (Å²) in [5.74, 6) is 0.622. The molecule has 0 spiro atoms. The zero-order chi connectivity index (χ0) is 22.4. The van der Waals surface area contributed by atoms with E-state index >= 15 is 0 Å². The molecule has 0 fully saturated rings. The van der Waals surface area contributed by atoms with Crippen molar-refractivity contribution in [2.24, 2.45) is 0 Å². The molecule has 0 unspecified atom stereocenters. The van der Waals surface area contributed by atoms with Crippen LogP contribution in [0.5, 0.6) is 0 Å². The summed E-state index contributed by atoms with van der Waals surface area (Å²) in [6.07, 6.45) is 2.69. The highest BCUT2D eigenvalue weighted by Gasteiger charge is 2.31. The smallest absolute Gasteiger partial charge is 0.400 e. The van der Waals surface area contributed by atoms with Crippen LogP contribution in [0.4, 0.5) is 19.0 Å². The normalized spacial score (nSPS) is 10.8. The molecular formula is C21H20Cl2F3N5O. The van der Waals surface area contributed by atoms with E-state index in [9.17, 15) is 13.2 Å². The van der Waals surface area contributed by atoms with E-state index in [-0.39, 0.29) is 12.4 Å². The fraction of sp³-hybridized carbons (Fsp3) is 0.190. The van der Waals surface area contributed by atoms with Crippen LogP contribution in [0, 0.1) is 0 Å². The number of aromatic amines is 1. The van der Waals surface area contributed by atoms with E-state index in [1.807, 2.05) is 24.4 Å². The second kappa shape index (κ2) is 11.1. The van der Waals surface area contributed by atoms with Crippen molar-refractivity contribution in [3.63, 3.8) is 0 Å². The fourth-order valence-electron chi connectivity index (χ4n) is 2.92. The quantitative estimate of drug-likeness (QED) is 0.359. The highest BCUT2D eigenvalue weighted by atomic mass is 35.5. The number of rotatable bonds is 5. The summed E-state index contributed by atoms with van der Waals surface area (Å²) in [4.78, 5) is 15.2. The highest BCUT2D eigenvalue weighted by molar-refractivity contribution is 6.31. The molecule has 0 aliphatic carbocycles. The molecule has 0 atom stereocenters. The van der Waals surface area contributed by atoms with Gasteiger partial charge in [-0.1, -0.05) is 23.7 Å². The number of nitrogens with zero attached hydrogens (tertiary/aromatic N) is 3. The summed E-state index contributed by atoms with van der Waals surface area (Å²) < 4.78 is 37.6. The van der Waals surface area contributed by atoms with Crippen LogP contribution in [0.3, 0.4) is 0 Å². The van der Waals surface area contributed by atoms with Crippen LogP contribution in [-0.4, -0.2) is 32.2 Å². The number of fused-ring (bicyclic) bond motifs is 1. The first-order chi connectivity index (χ1) is 14.9. The summed E-state index contributed by atoms with van der Waals surface area (Å²) in [6, 6.07) is 8.00. The van der Waals surface area contributed by atoms with E-state index in [4.69, 9.17) is 16.7 Å². The molecule has 0 saturated heterocycles. The third-order valence-corrected chi connectivity index (χ3v) is 4.60. The van der Waals surface area contributed by atoms with Crippen LogP contribution >= 0.6 is 24.0 Å². The van der Waals surface area contributed by atoms with E-state index in [0.29, 0.717) is 29.4 Å². The van der Waals surface area contributed by atoms with Gasteiger partial charge in [0, 0.05) is 50.2 Å². The number of hydrogen-bond donors (Lipinski definition) is 3. The van der Waals surface area contributed by atoms with Crippen molar-refractivity contribution in [3.8, 4) is 0 Å². The second-order valence-electron chi connectivity index (χ2n) is 6.50. The van der Waals surface area contributed by atoms with E-state index in [0.717, 1.165) is 35.3 Å². The fourth-order valence-corrected chi connectivity index (χ4v) is 3.08. The average molecular weight is 486 g/mol. The lowest BCUT2D eigenvalue weighted by Crippen LogP contribution is -2.08. The number of nitrogens with one attached hydrogen (secondary N) is 2. The first-order valence-electron chi connectivity index (χ1n) is 9.15. The largest absolute Gasteiger partial charge is 0.433 e. The maximum Gasteiger partial charge on any atom is 0.433 e. The van der Waals surface area contributed by atoms with Gasteiger partial charge < -0.3 is 15.4 Å². The standard InChI is InChI=1S/C20H15ClF3N5.CH4O.ClH/c21-15-6-16-14(10-28-19(16)29-11-15)5-12-2-4-18(26-7-12)27-9-13-1-3-17(25-8-13)20(22,23)24;1-2;/h1-4,6-8,10-11H,5,9H2,(H,26,27)(H,28,29);2H,1H3;1H. The van der Waals surface area contributed by atoms with Gasteiger partial charge in [-0.15, -0.1) is 12.4 Å². The number of aliphatic hydroxyl groups excluding tert-OH is 1. The molecule has 11 heteroatoms. The number of H-pyrrole nitrogens is 1. The lowest BCUT2D eigenvalue weighted by molar-refractivity contribution is -0.141. The van der Waals surface area contributed by atoms with Crippen LogP contribution < -0.4 is 5.32 Å². The first kappa shape index (κ1) is 25.4. The van der Waals surface area contributed by atoms with Gasteiger partial charge in [-0.3, -0.25) is 4.98 Å². The van der Waals surface area contributed by atoms with Gasteiger partial charge >= 0.3 is 6.18 Å². The van der Waals surface area contributed by atoms with Crippen LogP contribution in [0.2, 0.25) is 5.02 Å². The van der Waals surface area contributed by atoms with Crippen molar-refractivity contribution in [3.05, 3.63) is 82.5 Å². The number of anilines is 1. The van der Waals surface area contributed by atoms with Crippen molar-refractivity contribution in [2.45, 2.75) is 19.1 Å². The summed E-state index contributed by atoms with van der Waals surface area (Å²) in [7, 11) is 1.00. The summed E-state index contributed by atoms with van der Waals surface area (Å²) in [5.41, 5.74) is 2.58. The third kappa shape index (κ3) is 6.32. The Hall–Kier alpha value is -2.88. The zero-order valence-corrected chi connectivity index (χ0v) is 18.4. The van der Waals surface area contributed by atoms with Crippen molar-refractivity contribution in [1.82, 2.24) is 19.9 Å². The van der Waals surface area contributed by atoms with Gasteiger partial charge in [0.2, 0.25) is 0 Å². The topological polar surface area (TPSA) is 86.7 Å². The molecule has 32 heavy (non-hydrogen) atoms. The van der Waals surface area contributed by atoms with Crippen molar-refractivity contribution >= 4 is 40.9 Å². The van der Waals surface area contributed by atoms with Crippen molar-refractivity contribution in [2.75, 3.05) is 12.4 Å². The second-order valence-corrected chi connectivity index (χ2v) is 6.93. The average Bonchev–Trinajstić information content (AvgIpc) is 3.16. The number of aliphatic hydroxyl groups is 1. The molecule has 0 radical (unpaired) electrons. The van der Waals surface area contributed by atoms with Gasteiger partial charge in [0.15, 0.2) is 0 Å². The summed E-state index contributed by atoms with van der Waals surface area (Å²) in [6.45, 7) is 0.324. The molecule has 4 rings (SSSR count). The maximum absolute atomic E-state index is 12.5. The van der Waals surface area contributed by atoms with Crippen LogP contribution in [0.25, 0.3) is 11.0 Å². The molecule has 6 nitrogen and oxygen atoms in total. The molecule has 4 heterocycles. The molecule has 0 aromatic carbocycles. The number of pyridine rings is 3. The van der Waals surface area contributed by atoms with Crippen molar-refractivity contribution in [1.29, 1.82) is 0 Å². The van der Waals surface area contributed by atoms with Crippen LogP contribution in [-0.2, 0) is 19.1 Å². The maximum atomic E-state index is 12.5. The Morgan fingerprint density at radius 1 is 1.00 bits per heavy atom. The molecule has 0 aliphatic heterocycles. The van der Waals surface area contributed by atoms with Gasteiger partial charge in [-0.25, -0.2) is 9.97 Å². The molecule has 170 valence electrons. The monoisotopic (exact) mass is 485 g/mol. The number of aromatic nitrogens is 4. The first-order valence-corrected chi connectivity index (χ1v) is 9.53. The number of halogens is 5. The Kier molecular flexibility index (Phi) is 8.82. The Morgan fingerprint density at radius 2 is 1.72 bits per heavy atom. The third-order valence-electron chi connectivity index (χ3n) is 4.39. The van der Waals surface area contributed by atoms with Gasteiger partial charge in [0.05, 0.1) is 5.02 Å². The predicted molar refractivity (Wildman–Crippen MR) is 120 cm³/mol. The predicted octanol–water partition coefficient (Wildman–Crippen LogP) is 5.26. The minimum Gasteiger partial charge on any atom is -0.400 e. The summed E-state index contributed by atoms with van der Waals surface area (Å²) >= 11 is 6.03. The Labute approximate surface area is 193 Å². The highest BCUT2D eigenvalue weighted by Crippen LogP contribution is 2.27. The number of alkyl halides is 3. The molecule has 0 amide bonds. The van der Waals surface area contributed by atoms with E-state index in [1.165, 1.54) is 12.3 Å². The van der Waals surface area contributed by atoms with E-state index in [1.54, 1.807) is 12.4 Å². The molecule has 4 aromatic rings.